The van der Waals surface area contributed by atoms with E-state index in [1.54, 1.807) is 35.3 Å². The van der Waals surface area contributed by atoms with Gasteiger partial charge in [-0.3, -0.25) is 9.80 Å². The maximum atomic E-state index is 13.5. The number of amides is 1. The van der Waals surface area contributed by atoms with Crippen LogP contribution in [0.4, 0.5) is 10.1 Å². The van der Waals surface area contributed by atoms with Crippen molar-refractivity contribution in [2.24, 2.45) is 11.0 Å². The molecule has 0 spiro atoms. The Kier molecular flexibility index (Phi) is 6.51. The standard InChI is InChI=1S/C23H24Cl2FN3O2/c1-13-21(23(31)27-18-4-2-3-5-20(18)30)28-29(19-11-8-15(24)12-17(19)25)22(13)14-6-9-16(26)10-7-14/h6-13,18,20,22,30H,2-5H2,1H3,(H,27,31)/t13-,18+,20+,22+/m0/s1. The van der Waals surface area contributed by atoms with E-state index in [4.69, 9.17) is 23.2 Å². The van der Waals surface area contributed by atoms with Gasteiger partial charge in [0.25, 0.3) is 5.91 Å². The van der Waals surface area contributed by atoms with Crippen LogP contribution in [0.5, 0.6) is 0 Å². The summed E-state index contributed by atoms with van der Waals surface area (Å²) in [5.74, 6) is -0.938. The van der Waals surface area contributed by atoms with E-state index < -0.39 is 6.10 Å². The third-order valence-corrected chi connectivity index (χ3v) is 6.57. The van der Waals surface area contributed by atoms with Gasteiger partial charge in [-0.15, -0.1) is 0 Å². The first kappa shape index (κ1) is 22.1. The predicted molar refractivity (Wildman–Crippen MR) is 121 cm³/mol. The molecule has 2 aliphatic rings. The molecule has 1 heterocycles. The van der Waals surface area contributed by atoms with Crippen molar-refractivity contribution in [2.75, 3.05) is 5.01 Å². The van der Waals surface area contributed by atoms with Crippen LogP contribution < -0.4 is 10.3 Å². The fraction of sp³-hybridized carbons (Fsp3) is 0.391. The minimum atomic E-state index is -0.551. The number of halogens is 3. The van der Waals surface area contributed by atoms with E-state index in [2.05, 4.69) is 10.4 Å². The molecule has 1 aliphatic carbocycles. The second kappa shape index (κ2) is 9.15. The molecule has 1 amide bonds. The summed E-state index contributed by atoms with van der Waals surface area (Å²) in [6.07, 6.45) is 2.79. The van der Waals surface area contributed by atoms with Gasteiger partial charge in [0.15, 0.2) is 0 Å². The highest BCUT2D eigenvalue weighted by atomic mass is 35.5. The highest BCUT2D eigenvalue weighted by molar-refractivity contribution is 6.41. The monoisotopic (exact) mass is 463 g/mol. The third kappa shape index (κ3) is 4.56. The first-order valence-corrected chi connectivity index (χ1v) is 11.2. The van der Waals surface area contributed by atoms with Crippen molar-refractivity contribution in [3.05, 3.63) is 63.9 Å². The molecule has 8 heteroatoms. The Morgan fingerprint density at radius 2 is 1.87 bits per heavy atom. The number of aliphatic hydroxyl groups excluding tert-OH is 1. The topological polar surface area (TPSA) is 64.9 Å². The van der Waals surface area contributed by atoms with Gasteiger partial charge in [0.1, 0.15) is 11.5 Å². The van der Waals surface area contributed by atoms with Crippen LogP contribution in [0.1, 0.15) is 44.2 Å². The molecule has 164 valence electrons. The van der Waals surface area contributed by atoms with E-state index in [0.717, 1.165) is 24.8 Å². The maximum Gasteiger partial charge on any atom is 0.268 e. The lowest BCUT2D eigenvalue weighted by Crippen LogP contribution is -2.48. The number of hydrogen-bond acceptors (Lipinski definition) is 4. The summed E-state index contributed by atoms with van der Waals surface area (Å²) in [6, 6.07) is 10.6. The Morgan fingerprint density at radius 1 is 1.16 bits per heavy atom. The number of anilines is 1. The fourth-order valence-corrected chi connectivity index (χ4v) is 4.86. The maximum absolute atomic E-state index is 13.5. The molecule has 0 radical (unpaired) electrons. The number of benzene rings is 2. The molecule has 0 aromatic heterocycles. The molecule has 5 nitrogen and oxygen atoms in total. The summed E-state index contributed by atoms with van der Waals surface area (Å²) in [5.41, 5.74) is 1.76. The largest absolute Gasteiger partial charge is 0.391 e. The highest BCUT2D eigenvalue weighted by Gasteiger charge is 2.41. The van der Waals surface area contributed by atoms with Crippen LogP contribution in [0.3, 0.4) is 0 Å². The van der Waals surface area contributed by atoms with Gasteiger partial charge in [-0.2, -0.15) is 5.10 Å². The molecule has 0 saturated heterocycles. The average Bonchev–Trinajstić information content (AvgIpc) is 3.07. The van der Waals surface area contributed by atoms with E-state index in [-0.39, 0.29) is 29.7 Å². The van der Waals surface area contributed by atoms with E-state index in [1.165, 1.54) is 12.1 Å². The van der Waals surface area contributed by atoms with Crippen LogP contribution in [0.15, 0.2) is 47.6 Å². The van der Waals surface area contributed by atoms with Gasteiger partial charge in [-0.25, -0.2) is 4.39 Å². The number of hydrogen-bond donors (Lipinski definition) is 2. The number of hydrazone groups is 1. The van der Waals surface area contributed by atoms with Crippen LogP contribution in [0.2, 0.25) is 10.0 Å². The van der Waals surface area contributed by atoms with Gasteiger partial charge >= 0.3 is 0 Å². The van der Waals surface area contributed by atoms with Crippen LogP contribution >= 0.6 is 23.2 Å². The molecule has 2 aromatic carbocycles. The summed E-state index contributed by atoms with van der Waals surface area (Å²) in [6.45, 7) is 1.91. The Bertz CT molecular complexity index is 999. The van der Waals surface area contributed by atoms with Gasteiger partial charge < -0.3 is 10.4 Å². The quantitative estimate of drug-likeness (QED) is 0.662. The number of carbonyl (C=O) groups excluding carboxylic acids is 1. The van der Waals surface area contributed by atoms with Crippen molar-refractivity contribution >= 4 is 40.5 Å². The van der Waals surface area contributed by atoms with Crippen molar-refractivity contribution in [1.82, 2.24) is 5.32 Å². The normalized spacial score (nSPS) is 26.0. The van der Waals surface area contributed by atoms with E-state index >= 15 is 0 Å². The molecule has 2 aromatic rings. The highest BCUT2D eigenvalue weighted by Crippen LogP contribution is 2.42. The molecule has 4 atom stereocenters. The lowest BCUT2D eigenvalue weighted by atomic mass is 9.89. The zero-order valence-corrected chi connectivity index (χ0v) is 18.6. The first-order chi connectivity index (χ1) is 14.8. The Hall–Kier alpha value is -2.15. The molecular weight excluding hydrogens is 440 g/mol. The van der Waals surface area contributed by atoms with Crippen molar-refractivity contribution in [1.29, 1.82) is 0 Å². The average molecular weight is 464 g/mol. The summed E-state index contributed by atoms with van der Waals surface area (Å²) in [7, 11) is 0. The summed E-state index contributed by atoms with van der Waals surface area (Å²) in [4.78, 5) is 13.1. The van der Waals surface area contributed by atoms with Crippen molar-refractivity contribution in [3.8, 4) is 0 Å². The third-order valence-electron chi connectivity index (χ3n) is 6.03. The molecular formula is C23H24Cl2FN3O2. The number of nitrogens with one attached hydrogen (secondary N) is 1. The summed E-state index contributed by atoms with van der Waals surface area (Å²) < 4.78 is 13.5. The predicted octanol–water partition coefficient (Wildman–Crippen LogP) is 5.11. The van der Waals surface area contributed by atoms with Gasteiger partial charge in [0.2, 0.25) is 0 Å². The molecule has 0 unspecified atom stereocenters. The van der Waals surface area contributed by atoms with Crippen molar-refractivity contribution < 1.29 is 14.3 Å². The zero-order chi connectivity index (χ0) is 22.1. The SMILES string of the molecule is C[C@H]1C(C(=O)N[C@@H]2CCCC[C@H]2O)=NN(c2ccc(Cl)cc2Cl)[C@H]1c1ccc(F)cc1. The lowest BCUT2D eigenvalue weighted by Gasteiger charge is -2.29. The molecule has 2 N–H and O–H groups in total. The van der Waals surface area contributed by atoms with E-state index in [1.807, 2.05) is 6.92 Å². The van der Waals surface area contributed by atoms with Crippen LogP contribution in [-0.4, -0.2) is 28.9 Å². The lowest BCUT2D eigenvalue weighted by molar-refractivity contribution is -0.116. The zero-order valence-electron chi connectivity index (χ0n) is 17.1. The Labute approximate surface area is 190 Å². The minimum absolute atomic E-state index is 0.284. The van der Waals surface area contributed by atoms with Gasteiger partial charge in [-0.05, 0) is 48.7 Å². The van der Waals surface area contributed by atoms with Gasteiger partial charge in [0, 0.05) is 10.9 Å². The second-order valence-corrected chi connectivity index (χ2v) is 8.99. The van der Waals surface area contributed by atoms with Crippen LogP contribution in [0, 0.1) is 11.7 Å². The van der Waals surface area contributed by atoms with Crippen molar-refractivity contribution in [3.63, 3.8) is 0 Å². The van der Waals surface area contributed by atoms with Crippen LogP contribution in [-0.2, 0) is 4.79 Å². The van der Waals surface area contributed by atoms with Crippen LogP contribution in [0.25, 0.3) is 0 Å². The van der Waals surface area contributed by atoms with E-state index in [0.29, 0.717) is 27.9 Å². The number of rotatable bonds is 4. The van der Waals surface area contributed by atoms with Gasteiger partial charge in [0.05, 0.1) is 28.9 Å². The fourth-order valence-electron chi connectivity index (χ4n) is 4.37. The minimum Gasteiger partial charge on any atom is -0.391 e. The number of nitrogens with zero attached hydrogens (tertiary/aromatic N) is 2. The van der Waals surface area contributed by atoms with E-state index in [9.17, 15) is 14.3 Å². The smallest absolute Gasteiger partial charge is 0.268 e. The summed E-state index contributed by atoms with van der Waals surface area (Å²) >= 11 is 12.5. The first-order valence-electron chi connectivity index (χ1n) is 10.4. The van der Waals surface area contributed by atoms with Crippen molar-refractivity contribution in [2.45, 2.75) is 50.8 Å². The second-order valence-electron chi connectivity index (χ2n) is 8.14. The number of carbonyl (C=O) groups is 1. The Morgan fingerprint density at radius 3 is 2.55 bits per heavy atom. The molecule has 0 bridgehead atoms. The number of aliphatic hydroxyl groups is 1. The summed E-state index contributed by atoms with van der Waals surface area (Å²) in [5, 5.41) is 20.4. The molecule has 4 rings (SSSR count). The molecule has 1 saturated carbocycles. The molecule has 1 aliphatic heterocycles. The van der Waals surface area contributed by atoms with Gasteiger partial charge in [-0.1, -0.05) is 55.1 Å². The Balaban J connectivity index is 1.68. The molecule has 31 heavy (non-hydrogen) atoms. The molecule has 1 fully saturated rings.